The molecule has 0 heterocycles. The molecule has 0 bridgehead atoms. The van der Waals surface area contributed by atoms with Gasteiger partial charge in [0.05, 0.1) is 13.2 Å². The van der Waals surface area contributed by atoms with Crippen LogP contribution in [-0.4, -0.2) is 12.6 Å². The average molecular weight is 230 g/mol. The summed E-state index contributed by atoms with van der Waals surface area (Å²) >= 11 is 0. The summed E-state index contributed by atoms with van der Waals surface area (Å²) in [6.45, 7) is 3.19. The second-order valence-electron chi connectivity index (χ2n) is 2.85. The van der Waals surface area contributed by atoms with Crippen LogP contribution < -0.4 is 33.6 Å². The van der Waals surface area contributed by atoms with Crippen molar-refractivity contribution in [2.24, 2.45) is 11.5 Å². The van der Waals surface area contributed by atoms with E-state index in [1.54, 1.807) is 0 Å². The molecule has 1 aromatic carbocycles. The van der Waals surface area contributed by atoms with Crippen LogP contribution in [0.4, 0.5) is 0 Å². The van der Waals surface area contributed by atoms with Gasteiger partial charge in [-0.2, -0.15) is 0 Å². The molecular weight excluding hydrogens is 214 g/mol. The molecule has 5 N–H and O–H groups in total. The van der Waals surface area contributed by atoms with Crippen LogP contribution in [0.1, 0.15) is 12.5 Å². The maximum atomic E-state index is 5.44. The number of hydrogen-bond acceptors (Lipinski definition) is 1. The van der Waals surface area contributed by atoms with Gasteiger partial charge in [0.15, 0.2) is 0 Å². The number of benzene rings is 1. The average Bonchev–Trinajstić information content (AvgIpc) is 2.17. The number of nitrogens with two attached hydrogens (primary N) is 2. The van der Waals surface area contributed by atoms with E-state index >= 15 is 0 Å². The lowest BCUT2D eigenvalue weighted by atomic mass is 10.2. The molecule has 0 aromatic heterocycles. The molecule has 0 radical (unpaired) electrons. The number of halogens is 1. The minimum atomic E-state index is 0. The molecule has 5 heteroatoms. The Morgan fingerprint density at radius 2 is 2.00 bits per heavy atom. The SMILES string of the molecule is CCOc1ccccc1C[NH+]=C(N)N.[Cl-]. The zero-order valence-electron chi connectivity index (χ0n) is 8.66. The largest absolute Gasteiger partial charge is 1.00 e. The van der Waals surface area contributed by atoms with Gasteiger partial charge in [0, 0.05) is 5.56 Å². The van der Waals surface area contributed by atoms with Gasteiger partial charge in [-0.05, 0) is 13.0 Å². The van der Waals surface area contributed by atoms with E-state index in [-0.39, 0.29) is 18.4 Å². The summed E-state index contributed by atoms with van der Waals surface area (Å²) in [5, 5.41) is 0. The Labute approximate surface area is 95.7 Å². The van der Waals surface area contributed by atoms with Gasteiger partial charge in [0.1, 0.15) is 5.75 Å². The molecule has 0 saturated carbocycles. The highest BCUT2D eigenvalue weighted by molar-refractivity contribution is 5.69. The first-order valence-corrected chi connectivity index (χ1v) is 4.56. The van der Waals surface area contributed by atoms with Crippen LogP contribution in [0.25, 0.3) is 0 Å². The van der Waals surface area contributed by atoms with Gasteiger partial charge >= 0.3 is 5.96 Å². The highest BCUT2D eigenvalue weighted by atomic mass is 35.5. The summed E-state index contributed by atoms with van der Waals surface area (Å²) in [5.41, 5.74) is 11.7. The van der Waals surface area contributed by atoms with Crippen molar-refractivity contribution in [1.29, 1.82) is 0 Å². The smallest absolute Gasteiger partial charge is 0.339 e. The number of nitrogens with one attached hydrogen (secondary N) is 1. The molecule has 0 saturated heterocycles. The van der Waals surface area contributed by atoms with Crippen molar-refractivity contribution in [3.8, 4) is 5.75 Å². The Kier molecular flexibility index (Phi) is 6.29. The lowest BCUT2D eigenvalue weighted by Crippen LogP contribution is -3.00. The summed E-state index contributed by atoms with van der Waals surface area (Å²) in [7, 11) is 0. The number of guanidine groups is 1. The van der Waals surface area contributed by atoms with Crippen molar-refractivity contribution in [2.45, 2.75) is 13.5 Å². The van der Waals surface area contributed by atoms with Gasteiger partial charge in [-0.15, -0.1) is 0 Å². The summed E-state index contributed by atoms with van der Waals surface area (Å²) in [6, 6.07) is 7.78. The minimum absolute atomic E-state index is 0. The summed E-state index contributed by atoms with van der Waals surface area (Å²) in [6.07, 6.45) is 0. The molecule has 1 aromatic rings. The molecule has 0 spiro atoms. The van der Waals surface area contributed by atoms with Crippen LogP contribution in [0, 0.1) is 0 Å². The van der Waals surface area contributed by atoms with Gasteiger partial charge in [-0.25, -0.2) is 0 Å². The lowest BCUT2D eigenvalue weighted by Gasteiger charge is -2.06. The fourth-order valence-corrected chi connectivity index (χ4v) is 1.14. The lowest BCUT2D eigenvalue weighted by molar-refractivity contribution is -0.477. The minimum Gasteiger partial charge on any atom is -1.00 e. The molecule has 15 heavy (non-hydrogen) atoms. The Balaban J connectivity index is 0.00000196. The van der Waals surface area contributed by atoms with E-state index in [1.807, 2.05) is 31.2 Å². The monoisotopic (exact) mass is 229 g/mol. The molecule has 0 unspecified atom stereocenters. The zero-order chi connectivity index (χ0) is 10.4. The van der Waals surface area contributed by atoms with E-state index in [2.05, 4.69) is 4.99 Å². The Morgan fingerprint density at radius 3 is 2.60 bits per heavy atom. The second kappa shape index (κ2) is 6.95. The van der Waals surface area contributed by atoms with Gasteiger partial charge in [-0.3, -0.25) is 16.5 Å². The van der Waals surface area contributed by atoms with Crippen molar-refractivity contribution in [1.82, 2.24) is 0 Å². The predicted molar refractivity (Wildman–Crippen MR) is 55.7 cm³/mol. The van der Waals surface area contributed by atoms with E-state index < -0.39 is 0 Å². The topological polar surface area (TPSA) is 75.2 Å². The van der Waals surface area contributed by atoms with Crippen LogP contribution in [-0.2, 0) is 6.54 Å². The highest BCUT2D eigenvalue weighted by Crippen LogP contribution is 2.16. The third-order valence-corrected chi connectivity index (χ3v) is 1.76. The first-order valence-electron chi connectivity index (χ1n) is 4.56. The number of hydrogen-bond donors (Lipinski definition) is 3. The predicted octanol–water partition coefficient (Wildman–Crippen LogP) is -4.06. The molecular formula is C10H16ClN3O. The van der Waals surface area contributed by atoms with Crippen LogP contribution in [0.2, 0.25) is 0 Å². The molecule has 4 nitrogen and oxygen atoms in total. The summed E-state index contributed by atoms with van der Waals surface area (Å²) < 4.78 is 5.44. The zero-order valence-corrected chi connectivity index (χ0v) is 9.42. The fourth-order valence-electron chi connectivity index (χ4n) is 1.14. The molecule has 0 aliphatic heterocycles. The van der Waals surface area contributed by atoms with E-state index in [0.717, 1.165) is 11.3 Å². The normalized spacial score (nSPS) is 8.87. The van der Waals surface area contributed by atoms with E-state index in [0.29, 0.717) is 13.2 Å². The standard InChI is InChI=1S/C10H15N3O.ClH/c1-2-14-9-6-4-3-5-8(9)7-13-10(11)12;/h3-6H,2,7H2,1H3,(H4,11,12,13);1H. The van der Waals surface area contributed by atoms with Gasteiger partial charge in [0.2, 0.25) is 0 Å². The van der Waals surface area contributed by atoms with E-state index in [9.17, 15) is 0 Å². The van der Waals surface area contributed by atoms with Crippen LogP contribution in [0.3, 0.4) is 0 Å². The van der Waals surface area contributed by atoms with Gasteiger partial charge < -0.3 is 17.1 Å². The van der Waals surface area contributed by atoms with Crippen LogP contribution >= 0.6 is 0 Å². The number of rotatable bonds is 4. The van der Waals surface area contributed by atoms with E-state index in [4.69, 9.17) is 16.2 Å². The van der Waals surface area contributed by atoms with Crippen molar-refractivity contribution < 1.29 is 22.1 Å². The van der Waals surface area contributed by atoms with Crippen molar-refractivity contribution in [3.63, 3.8) is 0 Å². The fraction of sp³-hybridized carbons (Fsp3) is 0.300. The summed E-state index contributed by atoms with van der Waals surface area (Å²) in [5.74, 6) is 1.08. The van der Waals surface area contributed by atoms with Crippen LogP contribution in [0.15, 0.2) is 24.3 Å². The Morgan fingerprint density at radius 1 is 1.33 bits per heavy atom. The first-order chi connectivity index (χ1) is 6.74. The Bertz CT molecular complexity index is 324. The summed E-state index contributed by atoms with van der Waals surface area (Å²) in [4.78, 5) is 2.85. The van der Waals surface area contributed by atoms with Crippen LogP contribution in [0.5, 0.6) is 5.75 Å². The second-order valence-corrected chi connectivity index (χ2v) is 2.85. The van der Waals surface area contributed by atoms with Gasteiger partial charge in [-0.1, -0.05) is 18.2 Å². The molecule has 0 amide bonds. The number of ether oxygens (including phenoxy) is 1. The van der Waals surface area contributed by atoms with Crippen molar-refractivity contribution in [3.05, 3.63) is 29.8 Å². The maximum absolute atomic E-state index is 5.44. The third-order valence-electron chi connectivity index (χ3n) is 1.76. The maximum Gasteiger partial charge on any atom is 0.339 e. The van der Waals surface area contributed by atoms with Crippen molar-refractivity contribution >= 4 is 5.96 Å². The molecule has 0 aliphatic carbocycles. The highest BCUT2D eigenvalue weighted by Gasteiger charge is 2.01. The molecule has 0 aliphatic rings. The first kappa shape index (κ1) is 13.6. The molecule has 0 atom stereocenters. The Hall–Kier alpha value is -1.42. The van der Waals surface area contributed by atoms with Gasteiger partial charge in [0.25, 0.3) is 0 Å². The number of para-hydroxylation sites is 1. The molecule has 0 fully saturated rings. The molecule has 84 valence electrons. The molecule has 1 rings (SSSR count). The van der Waals surface area contributed by atoms with E-state index in [1.165, 1.54) is 0 Å². The van der Waals surface area contributed by atoms with Crippen molar-refractivity contribution in [2.75, 3.05) is 6.61 Å². The third kappa shape index (κ3) is 4.56. The quantitative estimate of drug-likeness (QED) is 0.363.